The van der Waals surface area contributed by atoms with Crippen LogP contribution in [-0.4, -0.2) is 83.8 Å². The zero-order valence-corrected chi connectivity index (χ0v) is 16.5. The molecule has 29 heavy (non-hydrogen) atoms. The van der Waals surface area contributed by atoms with Gasteiger partial charge in [0.2, 0.25) is 11.8 Å². The minimum absolute atomic E-state index is 0.108. The second-order valence-electron chi connectivity index (χ2n) is 8.52. The number of benzene rings is 1. The van der Waals surface area contributed by atoms with Gasteiger partial charge in [-0.1, -0.05) is 12.1 Å². The van der Waals surface area contributed by atoms with E-state index < -0.39 is 6.04 Å². The van der Waals surface area contributed by atoms with Gasteiger partial charge >= 0.3 is 0 Å². The Labute approximate surface area is 170 Å². The molecule has 0 radical (unpaired) electrons. The maximum absolute atomic E-state index is 12.8. The highest BCUT2D eigenvalue weighted by Gasteiger charge is 2.39. The van der Waals surface area contributed by atoms with E-state index in [2.05, 4.69) is 26.5 Å². The number of carbonyl (C=O) groups excluding carboxylic acids is 3. The van der Waals surface area contributed by atoms with Gasteiger partial charge < -0.3 is 10.2 Å². The third-order valence-corrected chi connectivity index (χ3v) is 6.68. The van der Waals surface area contributed by atoms with Crippen LogP contribution in [0.5, 0.6) is 0 Å². The molecule has 3 saturated heterocycles. The van der Waals surface area contributed by atoms with Gasteiger partial charge in [-0.2, -0.15) is 0 Å². The summed E-state index contributed by atoms with van der Waals surface area (Å²) < 4.78 is 0. The molecule has 154 valence electrons. The lowest BCUT2D eigenvalue weighted by Gasteiger charge is -2.43. The van der Waals surface area contributed by atoms with Crippen LogP contribution in [0.15, 0.2) is 18.2 Å². The number of piperazine rings is 1. The van der Waals surface area contributed by atoms with Crippen LogP contribution in [0.3, 0.4) is 0 Å². The fourth-order valence-electron chi connectivity index (χ4n) is 4.80. The average molecular weight is 397 g/mol. The van der Waals surface area contributed by atoms with E-state index in [1.165, 1.54) is 5.56 Å². The smallest absolute Gasteiger partial charge is 0.255 e. The number of carbonyl (C=O) groups is 3. The van der Waals surface area contributed by atoms with Crippen LogP contribution in [0.4, 0.5) is 0 Å². The van der Waals surface area contributed by atoms with Crippen LogP contribution in [0.1, 0.15) is 34.3 Å². The minimum Gasteiger partial charge on any atom is -0.322 e. The summed E-state index contributed by atoms with van der Waals surface area (Å²) in [6.07, 6.45) is 0.683. The molecular formula is C21H27N5O3. The number of rotatable bonds is 4. The molecule has 0 aromatic heterocycles. The van der Waals surface area contributed by atoms with Crippen LogP contribution in [0.2, 0.25) is 0 Å². The van der Waals surface area contributed by atoms with Gasteiger partial charge in [-0.15, -0.1) is 0 Å². The number of nitrogens with zero attached hydrogens (tertiary/aromatic N) is 3. The zero-order valence-electron chi connectivity index (χ0n) is 16.5. The first-order valence-electron chi connectivity index (χ1n) is 10.5. The lowest BCUT2D eigenvalue weighted by Crippen LogP contribution is -2.61. The largest absolute Gasteiger partial charge is 0.322 e. The number of nitrogens with one attached hydrogen (secondary N) is 2. The number of amides is 3. The normalized spacial score (nSPS) is 26.4. The minimum atomic E-state index is -0.551. The zero-order chi connectivity index (χ0) is 20.0. The summed E-state index contributed by atoms with van der Waals surface area (Å²) in [5.41, 5.74) is 2.87. The van der Waals surface area contributed by atoms with E-state index in [1.807, 2.05) is 12.1 Å². The lowest BCUT2D eigenvalue weighted by molar-refractivity contribution is -0.136. The molecular weight excluding hydrogens is 370 g/mol. The van der Waals surface area contributed by atoms with Crippen LogP contribution in [0, 0.1) is 0 Å². The van der Waals surface area contributed by atoms with E-state index >= 15 is 0 Å². The highest BCUT2D eigenvalue weighted by atomic mass is 16.2. The Bertz CT molecular complexity index is 845. The Kier molecular flexibility index (Phi) is 4.85. The van der Waals surface area contributed by atoms with Crippen molar-refractivity contribution in [3.05, 3.63) is 34.9 Å². The molecule has 4 aliphatic rings. The third-order valence-electron chi connectivity index (χ3n) is 6.68. The lowest BCUT2D eigenvalue weighted by atomic mass is 10.0. The molecule has 8 nitrogen and oxygen atoms in total. The van der Waals surface area contributed by atoms with E-state index in [0.29, 0.717) is 24.6 Å². The molecule has 8 heteroatoms. The van der Waals surface area contributed by atoms with Crippen molar-refractivity contribution in [2.24, 2.45) is 0 Å². The van der Waals surface area contributed by atoms with Crippen molar-refractivity contribution in [2.45, 2.75) is 38.0 Å². The first kappa shape index (κ1) is 18.7. The summed E-state index contributed by atoms with van der Waals surface area (Å²) in [7, 11) is 0. The van der Waals surface area contributed by atoms with Gasteiger partial charge in [0.05, 0.1) is 0 Å². The Morgan fingerprint density at radius 1 is 1.03 bits per heavy atom. The molecule has 1 aromatic rings. The first-order valence-corrected chi connectivity index (χ1v) is 10.5. The molecule has 0 aliphatic carbocycles. The standard InChI is InChI=1S/C21H27N5O3/c27-19-4-3-18(20(28)23-19)26-13-15-9-14(1-2-17(15)21(26)29)12-24-5-7-25(8-6-24)16-10-22-11-16/h1-2,9,16,18,22H,3-8,10-13H2,(H,23,27,28). The molecule has 4 aliphatic heterocycles. The second-order valence-corrected chi connectivity index (χ2v) is 8.52. The maximum atomic E-state index is 12.8. The molecule has 5 rings (SSSR count). The highest BCUT2D eigenvalue weighted by molar-refractivity contribution is 6.05. The summed E-state index contributed by atoms with van der Waals surface area (Å²) in [5.74, 6) is -0.725. The van der Waals surface area contributed by atoms with Crippen LogP contribution >= 0.6 is 0 Å². The van der Waals surface area contributed by atoms with Gasteiger partial charge in [0.25, 0.3) is 5.91 Å². The Morgan fingerprint density at radius 2 is 1.83 bits per heavy atom. The quantitative estimate of drug-likeness (QED) is 0.669. The molecule has 3 fully saturated rings. The van der Waals surface area contributed by atoms with E-state index in [1.54, 1.807) is 4.90 Å². The van der Waals surface area contributed by atoms with Crippen LogP contribution in [0.25, 0.3) is 0 Å². The fraction of sp³-hybridized carbons (Fsp3) is 0.571. The molecule has 0 spiro atoms. The van der Waals surface area contributed by atoms with E-state index in [-0.39, 0.29) is 24.1 Å². The number of imide groups is 1. The topological polar surface area (TPSA) is 85.0 Å². The van der Waals surface area contributed by atoms with Crippen molar-refractivity contribution in [2.75, 3.05) is 39.3 Å². The molecule has 1 atom stereocenters. The predicted molar refractivity (Wildman–Crippen MR) is 106 cm³/mol. The molecule has 3 amide bonds. The van der Waals surface area contributed by atoms with Gasteiger partial charge in [-0.3, -0.25) is 29.5 Å². The number of hydrogen-bond donors (Lipinski definition) is 2. The monoisotopic (exact) mass is 397 g/mol. The van der Waals surface area contributed by atoms with E-state index in [4.69, 9.17) is 0 Å². The molecule has 1 aromatic carbocycles. The average Bonchev–Trinajstić information content (AvgIpc) is 2.98. The van der Waals surface area contributed by atoms with Gasteiger partial charge in [0.15, 0.2) is 0 Å². The van der Waals surface area contributed by atoms with Crippen molar-refractivity contribution in [3.8, 4) is 0 Å². The van der Waals surface area contributed by atoms with Crippen LogP contribution in [-0.2, 0) is 22.7 Å². The summed E-state index contributed by atoms with van der Waals surface area (Å²) >= 11 is 0. The highest BCUT2D eigenvalue weighted by Crippen LogP contribution is 2.28. The van der Waals surface area contributed by atoms with Crippen molar-refractivity contribution < 1.29 is 14.4 Å². The van der Waals surface area contributed by atoms with Gasteiger partial charge in [0.1, 0.15) is 6.04 Å². The number of piperidine rings is 1. The fourth-order valence-corrected chi connectivity index (χ4v) is 4.80. The van der Waals surface area contributed by atoms with E-state index in [9.17, 15) is 14.4 Å². The molecule has 0 saturated carbocycles. The summed E-state index contributed by atoms with van der Waals surface area (Å²) in [5, 5.41) is 5.69. The summed E-state index contributed by atoms with van der Waals surface area (Å²) in [6, 6.07) is 6.20. The first-order chi connectivity index (χ1) is 14.1. The summed E-state index contributed by atoms with van der Waals surface area (Å²) in [6.45, 7) is 7.90. The van der Waals surface area contributed by atoms with Crippen molar-refractivity contribution in [1.29, 1.82) is 0 Å². The number of fused-ring (bicyclic) bond motifs is 1. The Balaban J connectivity index is 1.22. The van der Waals surface area contributed by atoms with Crippen LogP contribution < -0.4 is 10.6 Å². The van der Waals surface area contributed by atoms with Gasteiger partial charge in [-0.05, 0) is 23.6 Å². The SMILES string of the molecule is O=C1CCC(N2Cc3cc(CN4CCN(C5CNC5)CC4)ccc3C2=O)C(=O)N1. The molecule has 4 heterocycles. The summed E-state index contributed by atoms with van der Waals surface area (Å²) in [4.78, 5) is 43.0. The Morgan fingerprint density at radius 3 is 2.52 bits per heavy atom. The maximum Gasteiger partial charge on any atom is 0.255 e. The Hall–Kier alpha value is -2.29. The second kappa shape index (κ2) is 7.51. The van der Waals surface area contributed by atoms with Gasteiger partial charge in [-0.25, -0.2) is 0 Å². The van der Waals surface area contributed by atoms with Crippen molar-refractivity contribution >= 4 is 17.7 Å². The molecule has 2 N–H and O–H groups in total. The van der Waals surface area contributed by atoms with Gasteiger partial charge in [0, 0.05) is 70.4 Å². The van der Waals surface area contributed by atoms with Crippen molar-refractivity contribution in [1.82, 2.24) is 25.3 Å². The predicted octanol–water partition coefficient (Wildman–Crippen LogP) is -0.463. The van der Waals surface area contributed by atoms with E-state index in [0.717, 1.165) is 51.4 Å². The molecule has 0 bridgehead atoms. The molecule has 1 unspecified atom stereocenters. The third kappa shape index (κ3) is 3.56. The van der Waals surface area contributed by atoms with Crippen molar-refractivity contribution in [3.63, 3.8) is 0 Å². The number of hydrogen-bond acceptors (Lipinski definition) is 6.